The third kappa shape index (κ3) is 4.90. The van der Waals surface area contributed by atoms with Gasteiger partial charge in [-0.15, -0.1) is 11.8 Å². The van der Waals surface area contributed by atoms with Crippen LogP contribution in [0, 0.1) is 19.7 Å². The number of benzene rings is 2. The van der Waals surface area contributed by atoms with Crippen LogP contribution in [-0.2, 0) is 10.5 Å². The van der Waals surface area contributed by atoms with Crippen molar-refractivity contribution in [2.45, 2.75) is 19.6 Å². The van der Waals surface area contributed by atoms with Crippen LogP contribution in [-0.4, -0.2) is 11.7 Å². The van der Waals surface area contributed by atoms with Crippen LogP contribution in [0.3, 0.4) is 0 Å². The van der Waals surface area contributed by atoms with Crippen molar-refractivity contribution in [1.29, 1.82) is 0 Å². The zero-order valence-corrected chi connectivity index (χ0v) is 13.0. The fourth-order valence-corrected chi connectivity index (χ4v) is 2.79. The topological polar surface area (TPSA) is 29.1 Å². The minimum absolute atomic E-state index is 0.0673. The number of thioether (sulfide) groups is 1. The van der Waals surface area contributed by atoms with Gasteiger partial charge in [-0.05, 0) is 43.2 Å². The van der Waals surface area contributed by atoms with Crippen LogP contribution in [0.1, 0.15) is 16.7 Å². The quantitative estimate of drug-likeness (QED) is 0.891. The maximum absolute atomic E-state index is 13.0. The van der Waals surface area contributed by atoms with E-state index in [2.05, 4.69) is 30.4 Å². The molecule has 21 heavy (non-hydrogen) atoms. The predicted molar refractivity (Wildman–Crippen MR) is 87.1 cm³/mol. The predicted octanol–water partition coefficient (Wildman–Crippen LogP) is 4.31. The summed E-state index contributed by atoms with van der Waals surface area (Å²) in [5.74, 6) is 0.823. The molecule has 0 radical (unpaired) electrons. The molecule has 0 aliphatic heterocycles. The molecule has 2 aromatic rings. The molecule has 0 atom stereocenters. The van der Waals surface area contributed by atoms with E-state index in [1.807, 2.05) is 6.07 Å². The Hall–Kier alpha value is -1.81. The second-order valence-electron chi connectivity index (χ2n) is 4.99. The van der Waals surface area contributed by atoms with Gasteiger partial charge in [0.1, 0.15) is 5.82 Å². The van der Waals surface area contributed by atoms with Crippen LogP contribution in [0.5, 0.6) is 0 Å². The second-order valence-corrected chi connectivity index (χ2v) is 5.97. The molecule has 1 amide bonds. The lowest BCUT2D eigenvalue weighted by Crippen LogP contribution is -2.15. The molecule has 2 rings (SSSR count). The molecule has 0 unspecified atom stereocenters. The summed E-state index contributed by atoms with van der Waals surface area (Å²) in [4.78, 5) is 11.9. The van der Waals surface area contributed by atoms with Crippen LogP contribution in [0.15, 0.2) is 42.5 Å². The first-order valence-corrected chi connectivity index (χ1v) is 7.89. The van der Waals surface area contributed by atoms with E-state index in [0.717, 1.165) is 11.3 Å². The Bertz CT molecular complexity index is 642. The number of nitrogens with one attached hydrogen (secondary N) is 1. The first kappa shape index (κ1) is 15.6. The average Bonchev–Trinajstić information content (AvgIpc) is 2.42. The summed E-state index contributed by atoms with van der Waals surface area (Å²) in [5, 5.41) is 2.81. The summed E-state index contributed by atoms with van der Waals surface area (Å²) in [5.41, 5.74) is 3.83. The molecule has 0 saturated heterocycles. The third-order valence-electron chi connectivity index (χ3n) is 3.05. The fraction of sp³-hybridized carbons (Fsp3) is 0.235. The molecule has 0 aliphatic rings. The molecule has 0 saturated carbocycles. The molecule has 1 N–H and O–H groups in total. The molecule has 0 spiro atoms. The number of carbonyl (C=O) groups is 1. The molecule has 0 bridgehead atoms. The molecular formula is C17H18FNOS. The molecular weight excluding hydrogens is 285 g/mol. The Labute approximate surface area is 128 Å². The first-order chi connectivity index (χ1) is 10.0. The van der Waals surface area contributed by atoms with Crippen molar-refractivity contribution in [2.75, 3.05) is 11.1 Å². The van der Waals surface area contributed by atoms with Gasteiger partial charge < -0.3 is 5.32 Å². The first-order valence-electron chi connectivity index (χ1n) is 6.74. The number of aryl methyl sites for hydroxylation is 2. The summed E-state index contributed by atoms with van der Waals surface area (Å²) in [6.07, 6.45) is 0. The molecule has 2 nitrogen and oxygen atoms in total. The van der Waals surface area contributed by atoms with E-state index < -0.39 is 0 Å². The van der Waals surface area contributed by atoms with Crippen molar-refractivity contribution in [3.8, 4) is 0 Å². The van der Waals surface area contributed by atoms with Crippen molar-refractivity contribution < 1.29 is 9.18 Å². The molecule has 0 aliphatic carbocycles. The lowest BCUT2D eigenvalue weighted by Gasteiger charge is -2.08. The fourth-order valence-electron chi connectivity index (χ4n) is 2.02. The minimum atomic E-state index is -0.292. The Morgan fingerprint density at radius 3 is 2.71 bits per heavy atom. The van der Waals surface area contributed by atoms with Gasteiger partial charge in [-0.2, -0.15) is 0 Å². The highest BCUT2D eigenvalue weighted by molar-refractivity contribution is 7.99. The molecule has 4 heteroatoms. The van der Waals surface area contributed by atoms with E-state index in [0.29, 0.717) is 11.4 Å². The van der Waals surface area contributed by atoms with Gasteiger partial charge in [0.05, 0.1) is 5.75 Å². The van der Waals surface area contributed by atoms with Gasteiger partial charge in [0, 0.05) is 11.4 Å². The van der Waals surface area contributed by atoms with Gasteiger partial charge in [0.2, 0.25) is 5.91 Å². The molecule has 0 fully saturated rings. The standard InChI is InChI=1S/C17H18FNOS/c1-12-4-3-5-14(8-12)10-21-11-17(20)19-16-7-6-15(18)9-13(16)2/h3-9H,10-11H2,1-2H3,(H,19,20). The number of hydrogen-bond donors (Lipinski definition) is 1. The van der Waals surface area contributed by atoms with Gasteiger partial charge in [-0.1, -0.05) is 29.8 Å². The minimum Gasteiger partial charge on any atom is -0.325 e. The van der Waals surface area contributed by atoms with Crippen LogP contribution < -0.4 is 5.32 Å². The maximum Gasteiger partial charge on any atom is 0.234 e. The third-order valence-corrected chi connectivity index (χ3v) is 4.05. The molecule has 2 aromatic carbocycles. The van der Waals surface area contributed by atoms with Crippen LogP contribution in [0.4, 0.5) is 10.1 Å². The largest absolute Gasteiger partial charge is 0.325 e. The van der Waals surface area contributed by atoms with E-state index >= 15 is 0 Å². The van der Waals surface area contributed by atoms with Gasteiger partial charge in [-0.3, -0.25) is 4.79 Å². The van der Waals surface area contributed by atoms with Crippen LogP contribution >= 0.6 is 11.8 Å². The van der Waals surface area contributed by atoms with Gasteiger partial charge in [0.15, 0.2) is 0 Å². The Morgan fingerprint density at radius 2 is 2.00 bits per heavy atom. The lowest BCUT2D eigenvalue weighted by atomic mass is 10.2. The van der Waals surface area contributed by atoms with Crippen molar-refractivity contribution >= 4 is 23.4 Å². The molecule has 0 aromatic heterocycles. The average molecular weight is 303 g/mol. The highest BCUT2D eigenvalue weighted by atomic mass is 32.2. The normalized spacial score (nSPS) is 10.4. The number of rotatable bonds is 5. The van der Waals surface area contributed by atoms with Gasteiger partial charge in [-0.25, -0.2) is 4.39 Å². The zero-order valence-electron chi connectivity index (χ0n) is 12.2. The zero-order chi connectivity index (χ0) is 15.2. The maximum atomic E-state index is 13.0. The van der Waals surface area contributed by atoms with Crippen LogP contribution in [0.25, 0.3) is 0 Å². The van der Waals surface area contributed by atoms with E-state index in [1.54, 1.807) is 24.8 Å². The SMILES string of the molecule is Cc1cccc(CSCC(=O)Nc2ccc(F)cc2C)c1. The molecule has 110 valence electrons. The van der Waals surface area contributed by atoms with Gasteiger partial charge >= 0.3 is 0 Å². The highest BCUT2D eigenvalue weighted by Crippen LogP contribution is 2.17. The lowest BCUT2D eigenvalue weighted by molar-refractivity contribution is -0.113. The van der Waals surface area contributed by atoms with Crippen molar-refractivity contribution in [3.63, 3.8) is 0 Å². The number of halogens is 1. The van der Waals surface area contributed by atoms with E-state index in [4.69, 9.17) is 0 Å². The summed E-state index contributed by atoms with van der Waals surface area (Å²) in [6.45, 7) is 3.83. The Kier molecular flexibility index (Phi) is 5.39. The number of anilines is 1. The number of carbonyl (C=O) groups excluding carboxylic acids is 1. The smallest absolute Gasteiger partial charge is 0.234 e. The number of amides is 1. The summed E-state index contributed by atoms with van der Waals surface area (Å²) in [7, 11) is 0. The summed E-state index contributed by atoms with van der Waals surface area (Å²) in [6, 6.07) is 12.6. The molecule has 0 heterocycles. The summed E-state index contributed by atoms with van der Waals surface area (Å²) < 4.78 is 13.0. The second kappa shape index (κ2) is 7.27. The van der Waals surface area contributed by atoms with Crippen LogP contribution in [0.2, 0.25) is 0 Å². The summed E-state index contributed by atoms with van der Waals surface area (Å²) >= 11 is 1.57. The van der Waals surface area contributed by atoms with Gasteiger partial charge in [0.25, 0.3) is 0 Å². The van der Waals surface area contributed by atoms with E-state index in [-0.39, 0.29) is 11.7 Å². The van der Waals surface area contributed by atoms with E-state index in [9.17, 15) is 9.18 Å². The number of hydrogen-bond acceptors (Lipinski definition) is 2. The monoisotopic (exact) mass is 303 g/mol. The highest BCUT2D eigenvalue weighted by Gasteiger charge is 2.06. The Balaban J connectivity index is 1.82. The van der Waals surface area contributed by atoms with Crippen molar-refractivity contribution in [2.24, 2.45) is 0 Å². The van der Waals surface area contributed by atoms with E-state index in [1.165, 1.54) is 23.3 Å². The van der Waals surface area contributed by atoms with Crippen molar-refractivity contribution in [1.82, 2.24) is 0 Å². The Morgan fingerprint density at radius 1 is 1.19 bits per heavy atom. The van der Waals surface area contributed by atoms with Crippen molar-refractivity contribution in [3.05, 3.63) is 65.0 Å².